The Balaban J connectivity index is 1.70. The molecule has 108 valence electrons. The third kappa shape index (κ3) is 4.18. The van der Waals surface area contributed by atoms with Gasteiger partial charge < -0.3 is 5.11 Å². The molecule has 1 aliphatic carbocycles. The van der Waals surface area contributed by atoms with Crippen LogP contribution in [0.5, 0.6) is 0 Å². The topological polar surface area (TPSA) is 23.5 Å². The molecule has 3 heteroatoms. The summed E-state index contributed by atoms with van der Waals surface area (Å²) in [6.45, 7) is 1.91. The minimum Gasteiger partial charge on any atom is -0.384 e. The van der Waals surface area contributed by atoms with Crippen LogP contribution in [0.15, 0.2) is 41.1 Å². The summed E-state index contributed by atoms with van der Waals surface area (Å²) in [4.78, 5) is 2.56. The fourth-order valence-electron chi connectivity index (χ4n) is 2.49. The molecule has 0 unspecified atom stereocenters. The molecule has 21 heavy (non-hydrogen) atoms. The van der Waals surface area contributed by atoms with Crippen LogP contribution in [0.3, 0.4) is 0 Å². The van der Waals surface area contributed by atoms with Crippen LogP contribution < -0.4 is 0 Å². The van der Waals surface area contributed by atoms with Gasteiger partial charge in [-0.1, -0.05) is 24.0 Å². The number of benzene rings is 1. The van der Waals surface area contributed by atoms with E-state index >= 15 is 0 Å². The molecule has 0 bridgehead atoms. The zero-order valence-corrected chi connectivity index (χ0v) is 12.8. The molecule has 0 amide bonds. The quantitative estimate of drug-likeness (QED) is 0.856. The normalized spacial score (nSPS) is 14.0. The van der Waals surface area contributed by atoms with Gasteiger partial charge in [-0.3, -0.25) is 4.90 Å². The maximum Gasteiger partial charge on any atom is 0.104 e. The van der Waals surface area contributed by atoms with Crippen LogP contribution >= 0.6 is 11.3 Å². The number of aliphatic hydroxyl groups excluding tert-OH is 1. The van der Waals surface area contributed by atoms with Gasteiger partial charge in [-0.05, 0) is 52.9 Å². The van der Waals surface area contributed by atoms with E-state index in [0.717, 1.165) is 24.7 Å². The first kappa shape index (κ1) is 14.3. The van der Waals surface area contributed by atoms with Crippen LogP contribution in [0.2, 0.25) is 0 Å². The molecular weight excluding hydrogens is 278 g/mol. The molecule has 0 saturated heterocycles. The summed E-state index contributed by atoms with van der Waals surface area (Å²) in [6, 6.07) is 11.3. The Morgan fingerprint density at radius 2 is 2.05 bits per heavy atom. The van der Waals surface area contributed by atoms with Gasteiger partial charge in [0.15, 0.2) is 0 Å². The summed E-state index contributed by atoms with van der Waals surface area (Å²) >= 11 is 1.76. The van der Waals surface area contributed by atoms with Crippen molar-refractivity contribution in [3.05, 3.63) is 57.8 Å². The molecule has 1 saturated carbocycles. The molecular formula is C18H19NOS. The lowest BCUT2D eigenvalue weighted by Crippen LogP contribution is -2.24. The highest BCUT2D eigenvalue weighted by Gasteiger charge is 2.28. The number of aliphatic hydroxyl groups is 1. The van der Waals surface area contributed by atoms with Crippen LogP contribution in [0.4, 0.5) is 0 Å². The first-order chi connectivity index (χ1) is 10.3. The lowest BCUT2D eigenvalue weighted by molar-refractivity contribution is 0.246. The fourth-order valence-corrected chi connectivity index (χ4v) is 3.15. The van der Waals surface area contributed by atoms with Gasteiger partial charge in [0.1, 0.15) is 6.61 Å². The van der Waals surface area contributed by atoms with Crippen molar-refractivity contribution in [2.24, 2.45) is 0 Å². The van der Waals surface area contributed by atoms with E-state index < -0.39 is 0 Å². The van der Waals surface area contributed by atoms with Crippen LogP contribution in [-0.4, -0.2) is 22.7 Å². The van der Waals surface area contributed by atoms with Gasteiger partial charge >= 0.3 is 0 Å². The van der Waals surface area contributed by atoms with E-state index in [4.69, 9.17) is 5.11 Å². The Bertz CT molecular complexity index is 635. The van der Waals surface area contributed by atoms with Crippen molar-refractivity contribution in [1.82, 2.24) is 4.90 Å². The minimum atomic E-state index is -0.0867. The number of hydrogen-bond donors (Lipinski definition) is 1. The van der Waals surface area contributed by atoms with Crippen LogP contribution in [0.25, 0.3) is 0 Å². The van der Waals surface area contributed by atoms with E-state index in [9.17, 15) is 0 Å². The highest BCUT2D eigenvalue weighted by molar-refractivity contribution is 7.07. The maximum absolute atomic E-state index is 8.79. The molecule has 1 N–H and O–H groups in total. The molecule has 2 aromatic rings. The summed E-state index contributed by atoms with van der Waals surface area (Å²) in [5, 5.41) is 13.2. The Morgan fingerprint density at radius 3 is 2.76 bits per heavy atom. The second kappa shape index (κ2) is 6.91. The molecule has 0 radical (unpaired) electrons. The van der Waals surface area contributed by atoms with Crippen molar-refractivity contribution in [3.8, 4) is 11.8 Å². The van der Waals surface area contributed by atoms with E-state index in [1.807, 2.05) is 12.1 Å². The highest BCUT2D eigenvalue weighted by atomic mass is 32.1. The molecule has 0 spiro atoms. The zero-order valence-electron chi connectivity index (χ0n) is 12.0. The number of rotatable bonds is 5. The van der Waals surface area contributed by atoms with Gasteiger partial charge in [0.05, 0.1) is 0 Å². The average molecular weight is 297 g/mol. The van der Waals surface area contributed by atoms with Gasteiger partial charge in [0.25, 0.3) is 0 Å². The first-order valence-corrected chi connectivity index (χ1v) is 8.23. The Kier molecular flexibility index (Phi) is 4.72. The largest absolute Gasteiger partial charge is 0.384 e. The highest BCUT2D eigenvalue weighted by Crippen LogP contribution is 2.30. The second-order valence-corrected chi connectivity index (χ2v) is 6.21. The molecule has 0 aliphatic heterocycles. The minimum absolute atomic E-state index is 0.0867. The third-order valence-electron chi connectivity index (χ3n) is 3.65. The summed E-state index contributed by atoms with van der Waals surface area (Å²) in [5.74, 6) is 5.69. The smallest absolute Gasteiger partial charge is 0.104 e. The molecule has 0 atom stereocenters. The van der Waals surface area contributed by atoms with Crippen molar-refractivity contribution in [3.63, 3.8) is 0 Å². The summed E-state index contributed by atoms with van der Waals surface area (Å²) < 4.78 is 0. The van der Waals surface area contributed by atoms with E-state index in [2.05, 4.69) is 45.7 Å². The molecule has 2 nitrogen and oxygen atoms in total. The van der Waals surface area contributed by atoms with Gasteiger partial charge in [0.2, 0.25) is 0 Å². The maximum atomic E-state index is 8.79. The molecule has 3 rings (SSSR count). The van der Waals surface area contributed by atoms with E-state index in [-0.39, 0.29) is 6.61 Å². The molecule has 1 heterocycles. The van der Waals surface area contributed by atoms with Crippen molar-refractivity contribution < 1.29 is 5.11 Å². The Labute approximate surface area is 130 Å². The van der Waals surface area contributed by atoms with Crippen molar-refractivity contribution in [2.75, 3.05) is 6.61 Å². The van der Waals surface area contributed by atoms with Crippen LogP contribution in [0, 0.1) is 11.8 Å². The van der Waals surface area contributed by atoms with Crippen LogP contribution in [0.1, 0.15) is 29.5 Å². The second-order valence-electron chi connectivity index (χ2n) is 5.43. The fraction of sp³-hybridized carbons (Fsp3) is 0.333. The average Bonchev–Trinajstić information content (AvgIpc) is 3.23. The number of thiophene rings is 1. The molecule has 1 fully saturated rings. The Morgan fingerprint density at radius 1 is 1.19 bits per heavy atom. The molecule has 1 aromatic heterocycles. The predicted molar refractivity (Wildman–Crippen MR) is 87.0 cm³/mol. The van der Waals surface area contributed by atoms with Gasteiger partial charge in [-0.25, -0.2) is 0 Å². The summed E-state index contributed by atoms with van der Waals surface area (Å²) in [5.41, 5.74) is 3.68. The van der Waals surface area contributed by atoms with Crippen molar-refractivity contribution in [1.29, 1.82) is 0 Å². The van der Waals surface area contributed by atoms with Gasteiger partial charge in [-0.2, -0.15) is 11.3 Å². The summed E-state index contributed by atoms with van der Waals surface area (Å²) in [6.07, 6.45) is 2.63. The van der Waals surface area contributed by atoms with E-state index in [1.165, 1.54) is 24.0 Å². The Hall–Kier alpha value is -1.60. The summed E-state index contributed by atoms with van der Waals surface area (Å²) in [7, 11) is 0. The standard InChI is InChI=1S/C18H19NOS/c20-9-2-5-15-3-1-4-16(11-15)12-19(18-6-7-18)13-17-8-10-21-14-17/h1,3-4,8,10-11,14,18,20H,6-7,9,12-13H2. The van der Waals surface area contributed by atoms with Gasteiger partial charge in [0, 0.05) is 24.7 Å². The third-order valence-corrected chi connectivity index (χ3v) is 4.39. The first-order valence-electron chi connectivity index (χ1n) is 7.29. The number of hydrogen-bond acceptors (Lipinski definition) is 3. The van der Waals surface area contributed by atoms with E-state index in [1.54, 1.807) is 11.3 Å². The van der Waals surface area contributed by atoms with E-state index in [0.29, 0.717) is 0 Å². The van der Waals surface area contributed by atoms with Crippen LogP contribution in [-0.2, 0) is 13.1 Å². The predicted octanol–water partition coefficient (Wildman–Crippen LogP) is 3.26. The van der Waals surface area contributed by atoms with Crippen molar-refractivity contribution in [2.45, 2.75) is 32.0 Å². The molecule has 1 aliphatic rings. The lowest BCUT2D eigenvalue weighted by Gasteiger charge is -2.21. The monoisotopic (exact) mass is 297 g/mol. The lowest BCUT2D eigenvalue weighted by atomic mass is 10.1. The molecule has 1 aromatic carbocycles. The zero-order chi connectivity index (χ0) is 14.5. The van der Waals surface area contributed by atoms with Gasteiger partial charge in [-0.15, -0.1) is 0 Å². The van der Waals surface area contributed by atoms with Crippen molar-refractivity contribution >= 4 is 11.3 Å². The SMILES string of the molecule is OCC#Cc1cccc(CN(Cc2ccsc2)C2CC2)c1. The number of nitrogens with zero attached hydrogens (tertiary/aromatic N) is 1.